The molecule has 5 rings (SSSR count). The molecular formula is C24H22N4O3. The van der Waals surface area contributed by atoms with Crippen LogP contribution in [0.3, 0.4) is 0 Å². The Balaban J connectivity index is 1.34. The molecule has 0 N–H and O–H groups in total. The molecule has 2 aromatic carbocycles. The van der Waals surface area contributed by atoms with E-state index < -0.39 is 0 Å². The van der Waals surface area contributed by atoms with Crippen molar-refractivity contribution >= 4 is 16.8 Å². The van der Waals surface area contributed by atoms with Crippen LogP contribution in [0.1, 0.15) is 28.2 Å². The van der Waals surface area contributed by atoms with Gasteiger partial charge in [0.1, 0.15) is 11.6 Å². The summed E-state index contributed by atoms with van der Waals surface area (Å²) in [6, 6.07) is 17.5. The number of benzene rings is 2. The second kappa shape index (κ2) is 7.83. The molecule has 0 saturated carbocycles. The minimum atomic E-state index is -0.121. The number of carbonyl (C=O) groups is 1. The van der Waals surface area contributed by atoms with Crippen LogP contribution in [-0.2, 0) is 0 Å². The van der Waals surface area contributed by atoms with E-state index in [2.05, 4.69) is 15.1 Å². The first-order valence-corrected chi connectivity index (χ1v) is 10.3. The van der Waals surface area contributed by atoms with E-state index in [-0.39, 0.29) is 12.0 Å². The number of fused-ring (bicyclic) bond motifs is 1. The van der Waals surface area contributed by atoms with Gasteiger partial charge < -0.3 is 14.2 Å². The van der Waals surface area contributed by atoms with Crippen LogP contribution in [0, 0.1) is 13.8 Å². The molecule has 7 nitrogen and oxygen atoms in total. The third-order valence-corrected chi connectivity index (χ3v) is 5.43. The Bertz CT molecular complexity index is 1230. The number of nitrogens with zero attached hydrogens (tertiary/aromatic N) is 4. The van der Waals surface area contributed by atoms with Gasteiger partial charge in [0.25, 0.3) is 5.91 Å². The topological polar surface area (TPSA) is 81.4 Å². The van der Waals surface area contributed by atoms with Crippen LogP contribution in [0.4, 0.5) is 0 Å². The second-order valence-electron chi connectivity index (χ2n) is 7.82. The van der Waals surface area contributed by atoms with Crippen molar-refractivity contribution in [3.8, 4) is 17.3 Å². The summed E-state index contributed by atoms with van der Waals surface area (Å²) in [5, 5.41) is 4.96. The van der Waals surface area contributed by atoms with E-state index in [1.165, 1.54) is 0 Å². The summed E-state index contributed by atoms with van der Waals surface area (Å²) in [6.07, 6.45) is 0.622. The standard InChI is InChI=1S/C24H22N4O3/c1-15-12-16(2)26-24(25-15)30-19-10-11-28(14-19)23(29)18-8-9-21-20(13-18)22(31-27-21)17-6-4-3-5-7-17/h3-9,12-13,19H,10-11,14H2,1-2H3/t19-/m0/s1. The van der Waals surface area contributed by atoms with Gasteiger partial charge in [0.15, 0.2) is 5.76 Å². The van der Waals surface area contributed by atoms with E-state index in [9.17, 15) is 4.79 Å². The van der Waals surface area contributed by atoms with E-state index in [1.54, 1.807) is 6.07 Å². The molecular weight excluding hydrogens is 392 g/mol. The van der Waals surface area contributed by atoms with E-state index in [0.717, 1.165) is 34.3 Å². The van der Waals surface area contributed by atoms with Gasteiger partial charge in [-0.1, -0.05) is 35.5 Å². The lowest BCUT2D eigenvalue weighted by molar-refractivity contribution is 0.0769. The van der Waals surface area contributed by atoms with Crippen molar-refractivity contribution in [2.45, 2.75) is 26.4 Å². The van der Waals surface area contributed by atoms with Crippen LogP contribution < -0.4 is 4.74 Å². The van der Waals surface area contributed by atoms with Gasteiger partial charge in [0.2, 0.25) is 0 Å². The van der Waals surface area contributed by atoms with Crippen molar-refractivity contribution in [1.29, 1.82) is 0 Å². The zero-order valence-corrected chi connectivity index (χ0v) is 17.4. The highest BCUT2D eigenvalue weighted by molar-refractivity contribution is 6.01. The van der Waals surface area contributed by atoms with E-state index >= 15 is 0 Å². The first kappa shape index (κ1) is 19.2. The maximum absolute atomic E-state index is 13.2. The number of ether oxygens (including phenoxy) is 1. The molecule has 4 aromatic rings. The van der Waals surface area contributed by atoms with E-state index in [4.69, 9.17) is 9.26 Å². The number of carbonyl (C=O) groups excluding carboxylic acids is 1. The van der Waals surface area contributed by atoms with Crippen LogP contribution in [-0.4, -0.2) is 45.1 Å². The molecule has 1 aliphatic heterocycles. The summed E-state index contributed by atoms with van der Waals surface area (Å²) in [4.78, 5) is 23.6. The quantitative estimate of drug-likeness (QED) is 0.498. The van der Waals surface area contributed by atoms with Crippen molar-refractivity contribution in [1.82, 2.24) is 20.0 Å². The van der Waals surface area contributed by atoms with Crippen molar-refractivity contribution in [3.63, 3.8) is 0 Å². The Hall–Kier alpha value is -3.74. The smallest absolute Gasteiger partial charge is 0.317 e. The van der Waals surface area contributed by atoms with Gasteiger partial charge in [-0.15, -0.1) is 0 Å². The predicted octanol–water partition coefficient (Wildman–Crippen LogP) is 4.20. The van der Waals surface area contributed by atoms with Crippen LogP contribution in [0.15, 0.2) is 59.1 Å². The maximum Gasteiger partial charge on any atom is 0.317 e. The summed E-state index contributed by atoms with van der Waals surface area (Å²) in [5.41, 5.74) is 3.99. The molecule has 1 saturated heterocycles. The third kappa shape index (κ3) is 3.86. The Morgan fingerprint density at radius 2 is 1.84 bits per heavy atom. The number of rotatable bonds is 4. The van der Waals surface area contributed by atoms with Gasteiger partial charge in [-0.2, -0.15) is 0 Å². The second-order valence-corrected chi connectivity index (χ2v) is 7.82. The summed E-state index contributed by atoms with van der Waals surface area (Å²) >= 11 is 0. The van der Waals surface area contributed by atoms with Gasteiger partial charge in [-0.05, 0) is 38.1 Å². The minimum Gasteiger partial charge on any atom is -0.458 e. The number of hydrogen-bond acceptors (Lipinski definition) is 6. The summed E-state index contributed by atoms with van der Waals surface area (Å²) in [5.74, 6) is 0.634. The lowest BCUT2D eigenvalue weighted by atomic mass is 10.1. The first-order chi connectivity index (χ1) is 15.1. The Morgan fingerprint density at radius 1 is 1.06 bits per heavy atom. The molecule has 7 heteroatoms. The molecule has 1 aliphatic rings. The predicted molar refractivity (Wildman–Crippen MR) is 116 cm³/mol. The third-order valence-electron chi connectivity index (χ3n) is 5.43. The zero-order chi connectivity index (χ0) is 21.4. The first-order valence-electron chi connectivity index (χ1n) is 10.3. The number of hydrogen-bond donors (Lipinski definition) is 0. The molecule has 1 amide bonds. The lowest BCUT2D eigenvalue weighted by Crippen LogP contribution is -2.31. The molecule has 0 spiro atoms. The fourth-order valence-electron chi connectivity index (χ4n) is 3.96. The molecule has 31 heavy (non-hydrogen) atoms. The molecule has 1 fully saturated rings. The Labute approximate surface area is 179 Å². The fraction of sp³-hybridized carbons (Fsp3) is 0.250. The normalized spacial score (nSPS) is 16.1. The van der Waals surface area contributed by atoms with Gasteiger partial charge >= 0.3 is 6.01 Å². The zero-order valence-electron chi connectivity index (χ0n) is 17.4. The fourth-order valence-corrected chi connectivity index (χ4v) is 3.96. The van der Waals surface area contributed by atoms with Crippen molar-refractivity contribution in [3.05, 3.63) is 71.5 Å². The molecule has 156 valence electrons. The average molecular weight is 414 g/mol. The van der Waals surface area contributed by atoms with Gasteiger partial charge in [-0.3, -0.25) is 4.79 Å². The molecule has 2 aromatic heterocycles. The molecule has 0 unspecified atom stereocenters. The summed E-state index contributed by atoms with van der Waals surface area (Å²) in [7, 11) is 0. The lowest BCUT2D eigenvalue weighted by Gasteiger charge is -2.17. The molecule has 1 atom stereocenters. The van der Waals surface area contributed by atoms with Crippen LogP contribution in [0.5, 0.6) is 6.01 Å². The SMILES string of the molecule is Cc1cc(C)nc(O[C@H]2CCN(C(=O)c3ccc4noc(-c5ccccc5)c4c3)C2)n1. The molecule has 0 radical (unpaired) electrons. The average Bonchev–Trinajstić information content (AvgIpc) is 3.40. The van der Waals surface area contributed by atoms with Gasteiger partial charge in [-0.25, -0.2) is 9.97 Å². The highest BCUT2D eigenvalue weighted by Gasteiger charge is 2.29. The highest BCUT2D eigenvalue weighted by atomic mass is 16.5. The van der Waals surface area contributed by atoms with Crippen LogP contribution in [0.25, 0.3) is 22.2 Å². The van der Waals surface area contributed by atoms with E-state index in [0.29, 0.717) is 30.4 Å². The van der Waals surface area contributed by atoms with Crippen LogP contribution in [0.2, 0.25) is 0 Å². The van der Waals surface area contributed by atoms with E-state index in [1.807, 2.05) is 67.3 Å². The van der Waals surface area contributed by atoms with Crippen molar-refractivity contribution < 1.29 is 14.1 Å². The maximum atomic E-state index is 13.2. The van der Waals surface area contributed by atoms with Crippen LogP contribution >= 0.6 is 0 Å². The Kier molecular flexibility index (Phi) is 4.86. The largest absolute Gasteiger partial charge is 0.458 e. The van der Waals surface area contributed by atoms with Gasteiger partial charge in [0.05, 0.1) is 11.9 Å². The highest BCUT2D eigenvalue weighted by Crippen LogP contribution is 2.30. The number of aromatic nitrogens is 3. The number of amides is 1. The van der Waals surface area contributed by atoms with Gasteiger partial charge in [0, 0.05) is 35.5 Å². The minimum absolute atomic E-state index is 0.0328. The number of likely N-dealkylation sites (tertiary alicyclic amines) is 1. The molecule has 3 heterocycles. The number of aryl methyl sites for hydroxylation is 2. The molecule has 0 aliphatic carbocycles. The van der Waals surface area contributed by atoms with Crippen molar-refractivity contribution in [2.75, 3.05) is 13.1 Å². The monoisotopic (exact) mass is 414 g/mol. The van der Waals surface area contributed by atoms with Crippen molar-refractivity contribution in [2.24, 2.45) is 0 Å². The summed E-state index contributed by atoms with van der Waals surface area (Å²) < 4.78 is 11.5. The Morgan fingerprint density at radius 3 is 2.61 bits per heavy atom. The molecule has 0 bridgehead atoms. The summed E-state index contributed by atoms with van der Waals surface area (Å²) in [6.45, 7) is 4.96.